The molecule has 2 amide bonds. The lowest BCUT2D eigenvalue weighted by atomic mass is 9.95. The Hall–Kier alpha value is -3.03. The highest BCUT2D eigenvalue weighted by Gasteiger charge is 2.33. The molecule has 0 aliphatic carbocycles. The summed E-state index contributed by atoms with van der Waals surface area (Å²) in [4.78, 5) is 40.6. The molecule has 2 saturated heterocycles. The zero-order valence-electron chi connectivity index (χ0n) is 18.1. The number of likely N-dealkylation sites (tertiary alicyclic amines) is 1. The Morgan fingerprint density at radius 3 is 2.35 bits per heavy atom. The van der Waals surface area contributed by atoms with Gasteiger partial charge in [0.05, 0.1) is 5.92 Å². The summed E-state index contributed by atoms with van der Waals surface area (Å²) in [6.45, 7) is 7.63. The molecule has 164 valence electrons. The number of benzene rings is 1. The number of aromatic nitrogens is 2. The monoisotopic (exact) mass is 425 g/mol. The van der Waals surface area contributed by atoms with E-state index in [1.807, 2.05) is 24.8 Å². The zero-order chi connectivity index (χ0) is 22.0. The standard InChI is InChI=1S/C23H28FN5O2/c1-16-14-21(26-17(2)25-16)27-10-12-28(13-11-27)23(31)19-4-3-9-29(15-19)22(30)18-5-7-20(24)8-6-18/h5-8,14,19H,3-4,9-13,15H2,1-2H3. The second-order valence-corrected chi connectivity index (χ2v) is 8.32. The van der Waals surface area contributed by atoms with Crippen LogP contribution < -0.4 is 4.90 Å². The van der Waals surface area contributed by atoms with Crippen LogP contribution in [0.5, 0.6) is 0 Å². The Morgan fingerprint density at radius 1 is 0.968 bits per heavy atom. The SMILES string of the molecule is Cc1cc(N2CCN(C(=O)C3CCCN(C(=O)c4ccc(F)cc4)C3)CC2)nc(C)n1. The van der Waals surface area contributed by atoms with E-state index in [2.05, 4.69) is 14.9 Å². The summed E-state index contributed by atoms with van der Waals surface area (Å²) in [6.07, 6.45) is 1.58. The fourth-order valence-electron chi connectivity index (χ4n) is 4.41. The van der Waals surface area contributed by atoms with Crippen LogP contribution in [0.1, 0.15) is 34.7 Å². The average Bonchev–Trinajstić information content (AvgIpc) is 2.78. The third-order valence-corrected chi connectivity index (χ3v) is 6.02. The third-order valence-electron chi connectivity index (χ3n) is 6.02. The van der Waals surface area contributed by atoms with Crippen molar-refractivity contribution in [2.45, 2.75) is 26.7 Å². The number of carbonyl (C=O) groups excluding carboxylic acids is 2. The van der Waals surface area contributed by atoms with E-state index in [-0.39, 0.29) is 23.5 Å². The van der Waals surface area contributed by atoms with Crippen molar-refractivity contribution in [3.05, 3.63) is 53.2 Å². The van der Waals surface area contributed by atoms with Gasteiger partial charge in [-0.1, -0.05) is 0 Å². The summed E-state index contributed by atoms with van der Waals surface area (Å²) in [5.74, 6) is 1.08. The van der Waals surface area contributed by atoms with E-state index in [9.17, 15) is 14.0 Å². The van der Waals surface area contributed by atoms with Gasteiger partial charge in [-0.2, -0.15) is 0 Å². The fraction of sp³-hybridized carbons (Fsp3) is 0.478. The van der Waals surface area contributed by atoms with Gasteiger partial charge < -0.3 is 14.7 Å². The molecule has 2 fully saturated rings. The van der Waals surface area contributed by atoms with Crippen LogP contribution in [0.4, 0.5) is 10.2 Å². The van der Waals surface area contributed by atoms with Crippen molar-refractivity contribution in [1.82, 2.24) is 19.8 Å². The number of piperidine rings is 1. The lowest BCUT2D eigenvalue weighted by molar-refractivity contribution is -0.137. The van der Waals surface area contributed by atoms with Gasteiger partial charge in [-0.15, -0.1) is 0 Å². The van der Waals surface area contributed by atoms with Crippen molar-refractivity contribution < 1.29 is 14.0 Å². The predicted octanol–water partition coefficient (Wildman–Crippen LogP) is 2.43. The van der Waals surface area contributed by atoms with Crippen molar-refractivity contribution in [2.75, 3.05) is 44.2 Å². The van der Waals surface area contributed by atoms with Gasteiger partial charge in [0.2, 0.25) is 5.91 Å². The molecule has 0 saturated carbocycles. The molecule has 2 aliphatic rings. The molecule has 0 spiro atoms. The fourth-order valence-corrected chi connectivity index (χ4v) is 4.41. The topological polar surface area (TPSA) is 69.6 Å². The van der Waals surface area contributed by atoms with Gasteiger partial charge in [-0.3, -0.25) is 9.59 Å². The van der Waals surface area contributed by atoms with Gasteiger partial charge in [0.1, 0.15) is 17.5 Å². The Labute approximate surface area is 181 Å². The lowest BCUT2D eigenvalue weighted by Gasteiger charge is -2.39. The molecule has 3 heterocycles. The molecule has 0 radical (unpaired) electrons. The second-order valence-electron chi connectivity index (χ2n) is 8.32. The van der Waals surface area contributed by atoms with Crippen LogP contribution in [-0.2, 0) is 4.79 Å². The van der Waals surface area contributed by atoms with Crippen LogP contribution in [0, 0.1) is 25.6 Å². The van der Waals surface area contributed by atoms with Crippen LogP contribution in [0.2, 0.25) is 0 Å². The smallest absolute Gasteiger partial charge is 0.253 e. The minimum Gasteiger partial charge on any atom is -0.353 e. The minimum absolute atomic E-state index is 0.117. The van der Waals surface area contributed by atoms with Crippen molar-refractivity contribution >= 4 is 17.6 Å². The second kappa shape index (κ2) is 8.99. The lowest BCUT2D eigenvalue weighted by Crippen LogP contribution is -2.53. The van der Waals surface area contributed by atoms with Gasteiger partial charge in [-0.25, -0.2) is 14.4 Å². The predicted molar refractivity (Wildman–Crippen MR) is 115 cm³/mol. The number of rotatable bonds is 3. The van der Waals surface area contributed by atoms with E-state index in [0.29, 0.717) is 31.7 Å². The molecule has 2 aromatic rings. The molecule has 1 atom stereocenters. The summed E-state index contributed by atoms with van der Waals surface area (Å²) in [7, 11) is 0. The van der Waals surface area contributed by atoms with Crippen LogP contribution in [-0.4, -0.2) is 70.9 Å². The van der Waals surface area contributed by atoms with E-state index in [1.54, 1.807) is 4.90 Å². The van der Waals surface area contributed by atoms with Crippen molar-refractivity contribution in [1.29, 1.82) is 0 Å². The first kappa shape index (κ1) is 21.2. The van der Waals surface area contributed by atoms with Gasteiger partial charge in [-0.05, 0) is 51.0 Å². The average molecular weight is 426 g/mol. The van der Waals surface area contributed by atoms with Crippen molar-refractivity contribution in [3.8, 4) is 0 Å². The number of aryl methyl sites for hydroxylation is 2. The number of piperazine rings is 1. The van der Waals surface area contributed by atoms with Crippen LogP contribution >= 0.6 is 0 Å². The summed E-state index contributed by atoms with van der Waals surface area (Å²) >= 11 is 0. The molecule has 7 nitrogen and oxygen atoms in total. The molecular formula is C23H28FN5O2. The van der Waals surface area contributed by atoms with Crippen LogP contribution in [0.3, 0.4) is 0 Å². The number of carbonyl (C=O) groups is 2. The van der Waals surface area contributed by atoms with E-state index >= 15 is 0 Å². The number of hydrogen-bond donors (Lipinski definition) is 0. The molecule has 0 N–H and O–H groups in total. The Balaban J connectivity index is 1.35. The van der Waals surface area contributed by atoms with Gasteiger partial charge >= 0.3 is 0 Å². The highest BCUT2D eigenvalue weighted by molar-refractivity contribution is 5.94. The number of anilines is 1. The van der Waals surface area contributed by atoms with E-state index in [4.69, 9.17) is 0 Å². The van der Waals surface area contributed by atoms with Crippen molar-refractivity contribution in [2.24, 2.45) is 5.92 Å². The maximum absolute atomic E-state index is 13.2. The number of hydrogen-bond acceptors (Lipinski definition) is 5. The first-order valence-corrected chi connectivity index (χ1v) is 10.8. The Bertz CT molecular complexity index is 937. The van der Waals surface area contributed by atoms with Crippen molar-refractivity contribution in [3.63, 3.8) is 0 Å². The molecule has 4 rings (SSSR count). The summed E-state index contributed by atoms with van der Waals surface area (Å²) in [6, 6.07) is 7.56. The molecular weight excluding hydrogens is 397 g/mol. The molecule has 0 bridgehead atoms. The third kappa shape index (κ3) is 4.84. The highest BCUT2D eigenvalue weighted by atomic mass is 19.1. The Morgan fingerprint density at radius 2 is 1.68 bits per heavy atom. The minimum atomic E-state index is -0.366. The normalized spacial score (nSPS) is 19.5. The first-order valence-electron chi connectivity index (χ1n) is 10.8. The largest absolute Gasteiger partial charge is 0.353 e. The zero-order valence-corrected chi connectivity index (χ0v) is 18.1. The van der Waals surface area contributed by atoms with Gasteiger partial charge in [0.15, 0.2) is 0 Å². The number of halogens is 1. The number of nitrogens with zero attached hydrogens (tertiary/aromatic N) is 5. The molecule has 1 aromatic carbocycles. The van der Waals surface area contributed by atoms with Gasteiger partial charge in [0, 0.05) is 56.6 Å². The highest BCUT2D eigenvalue weighted by Crippen LogP contribution is 2.22. The van der Waals surface area contributed by atoms with Crippen LogP contribution in [0.15, 0.2) is 30.3 Å². The maximum Gasteiger partial charge on any atom is 0.253 e. The van der Waals surface area contributed by atoms with E-state index < -0.39 is 0 Å². The first-order chi connectivity index (χ1) is 14.9. The quantitative estimate of drug-likeness (QED) is 0.756. The summed E-state index contributed by atoms with van der Waals surface area (Å²) < 4.78 is 13.2. The molecule has 1 unspecified atom stereocenters. The number of amides is 2. The molecule has 31 heavy (non-hydrogen) atoms. The van der Waals surface area contributed by atoms with E-state index in [0.717, 1.165) is 43.3 Å². The molecule has 1 aromatic heterocycles. The summed E-state index contributed by atoms with van der Waals surface area (Å²) in [5.41, 5.74) is 1.40. The van der Waals surface area contributed by atoms with E-state index in [1.165, 1.54) is 24.3 Å². The van der Waals surface area contributed by atoms with Crippen LogP contribution in [0.25, 0.3) is 0 Å². The maximum atomic E-state index is 13.2. The molecule has 2 aliphatic heterocycles. The summed E-state index contributed by atoms with van der Waals surface area (Å²) in [5, 5.41) is 0. The Kier molecular flexibility index (Phi) is 6.15. The molecule has 8 heteroatoms. The van der Waals surface area contributed by atoms with Gasteiger partial charge in [0.25, 0.3) is 5.91 Å².